The molecule has 1 fully saturated rings. The van der Waals surface area contributed by atoms with Crippen LogP contribution in [-0.2, 0) is 0 Å². The number of likely N-dealkylation sites (N-methyl/N-ethyl adjacent to an activating group) is 1. The standard InChI is InChI=1S/C11H14N4.ClH/c1-15(10-4-6-13-8-10)11-9(7-12)3-2-5-14-11;/h2-3,5,10,13H,4,6,8H2,1H3;1H. The van der Waals surface area contributed by atoms with E-state index in [0.29, 0.717) is 11.6 Å². The Balaban J connectivity index is 0.00000128. The monoisotopic (exact) mass is 238 g/mol. The smallest absolute Gasteiger partial charge is 0.146 e. The van der Waals surface area contributed by atoms with Crippen LogP contribution >= 0.6 is 12.4 Å². The summed E-state index contributed by atoms with van der Waals surface area (Å²) in [5, 5.41) is 12.3. The van der Waals surface area contributed by atoms with Gasteiger partial charge in [-0.05, 0) is 25.1 Å². The van der Waals surface area contributed by atoms with E-state index in [-0.39, 0.29) is 12.4 Å². The molecule has 86 valence electrons. The van der Waals surface area contributed by atoms with Crippen LogP contribution in [0.15, 0.2) is 18.3 Å². The summed E-state index contributed by atoms with van der Waals surface area (Å²) >= 11 is 0. The fourth-order valence-corrected chi connectivity index (χ4v) is 1.91. The molecule has 2 heterocycles. The van der Waals surface area contributed by atoms with Gasteiger partial charge in [0.05, 0.1) is 5.56 Å². The van der Waals surface area contributed by atoms with Gasteiger partial charge in [0, 0.05) is 25.8 Å². The van der Waals surface area contributed by atoms with E-state index in [1.807, 2.05) is 7.05 Å². The molecule has 1 atom stereocenters. The zero-order chi connectivity index (χ0) is 10.7. The van der Waals surface area contributed by atoms with Crippen LogP contribution in [0.5, 0.6) is 0 Å². The Morgan fingerprint density at radius 2 is 2.44 bits per heavy atom. The summed E-state index contributed by atoms with van der Waals surface area (Å²) in [6.07, 6.45) is 2.84. The van der Waals surface area contributed by atoms with Gasteiger partial charge < -0.3 is 10.2 Å². The molecule has 4 nitrogen and oxygen atoms in total. The third-order valence-electron chi connectivity index (χ3n) is 2.82. The molecular weight excluding hydrogens is 224 g/mol. The van der Waals surface area contributed by atoms with Crippen molar-refractivity contribution in [3.8, 4) is 6.07 Å². The van der Waals surface area contributed by atoms with Crippen molar-refractivity contribution in [2.75, 3.05) is 25.0 Å². The van der Waals surface area contributed by atoms with E-state index in [1.165, 1.54) is 0 Å². The van der Waals surface area contributed by atoms with Crippen LogP contribution in [0.3, 0.4) is 0 Å². The number of anilines is 1. The second-order valence-corrected chi connectivity index (χ2v) is 3.74. The Kier molecular flexibility index (Phi) is 4.53. The topological polar surface area (TPSA) is 52.0 Å². The van der Waals surface area contributed by atoms with Crippen molar-refractivity contribution in [1.29, 1.82) is 5.26 Å². The van der Waals surface area contributed by atoms with E-state index >= 15 is 0 Å². The molecule has 1 aliphatic heterocycles. The number of aromatic nitrogens is 1. The Hall–Kier alpha value is -1.31. The number of nitriles is 1. The number of rotatable bonds is 2. The third kappa shape index (κ3) is 2.43. The summed E-state index contributed by atoms with van der Waals surface area (Å²) in [7, 11) is 2.00. The number of nitrogens with zero attached hydrogens (tertiary/aromatic N) is 3. The van der Waals surface area contributed by atoms with Crippen molar-refractivity contribution in [2.24, 2.45) is 0 Å². The molecule has 0 amide bonds. The highest BCUT2D eigenvalue weighted by Crippen LogP contribution is 2.19. The maximum absolute atomic E-state index is 8.98. The van der Waals surface area contributed by atoms with Gasteiger partial charge in [-0.25, -0.2) is 4.98 Å². The zero-order valence-corrected chi connectivity index (χ0v) is 10.00. The van der Waals surface area contributed by atoms with E-state index in [9.17, 15) is 0 Å². The molecule has 0 spiro atoms. The van der Waals surface area contributed by atoms with Gasteiger partial charge in [0.1, 0.15) is 11.9 Å². The second-order valence-electron chi connectivity index (χ2n) is 3.74. The largest absolute Gasteiger partial charge is 0.354 e. The molecule has 5 heteroatoms. The van der Waals surface area contributed by atoms with Crippen molar-refractivity contribution in [1.82, 2.24) is 10.3 Å². The van der Waals surface area contributed by atoms with Gasteiger partial charge in [-0.3, -0.25) is 0 Å². The predicted octanol–water partition coefficient (Wildman–Crippen LogP) is 1.17. The maximum Gasteiger partial charge on any atom is 0.146 e. The normalized spacial score (nSPS) is 18.6. The van der Waals surface area contributed by atoms with Gasteiger partial charge in [0.25, 0.3) is 0 Å². The van der Waals surface area contributed by atoms with E-state index in [2.05, 4.69) is 21.3 Å². The lowest BCUT2D eigenvalue weighted by molar-refractivity contribution is 0.677. The second kappa shape index (κ2) is 5.69. The molecule has 1 unspecified atom stereocenters. The minimum absolute atomic E-state index is 0. The molecule has 1 aromatic heterocycles. The molecule has 16 heavy (non-hydrogen) atoms. The molecule has 0 bridgehead atoms. The summed E-state index contributed by atoms with van der Waals surface area (Å²) in [5.41, 5.74) is 0.645. The summed E-state index contributed by atoms with van der Waals surface area (Å²) < 4.78 is 0. The number of pyridine rings is 1. The molecule has 0 saturated carbocycles. The highest BCUT2D eigenvalue weighted by Gasteiger charge is 2.21. The molecule has 2 rings (SSSR count). The molecule has 1 saturated heterocycles. The lowest BCUT2D eigenvalue weighted by Gasteiger charge is -2.25. The first kappa shape index (κ1) is 12.8. The first-order valence-corrected chi connectivity index (χ1v) is 5.11. The van der Waals surface area contributed by atoms with Gasteiger partial charge in [0.2, 0.25) is 0 Å². The molecular formula is C11H15ClN4. The Labute approximate surface area is 102 Å². The highest BCUT2D eigenvalue weighted by molar-refractivity contribution is 5.85. The molecule has 1 aliphatic rings. The average molecular weight is 239 g/mol. The van der Waals surface area contributed by atoms with Gasteiger partial charge >= 0.3 is 0 Å². The Morgan fingerprint density at radius 1 is 1.62 bits per heavy atom. The van der Waals surface area contributed by atoms with Gasteiger partial charge in [-0.1, -0.05) is 0 Å². The Morgan fingerprint density at radius 3 is 3.06 bits per heavy atom. The quantitative estimate of drug-likeness (QED) is 0.841. The highest BCUT2D eigenvalue weighted by atomic mass is 35.5. The number of hydrogen-bond acceptors (Lipinski definition) is 4. The number of halogens is 1. The van der Waals surface area contributed by atoms with Crippen LogP contribution in [0, 0.1) is 11.3 Å². The molecule has 1 aromatic rings. The minimum atomic E-state index is 0. The van der Waals surface area contributed by atoms with Crippen molar-refractivity contribution >= 4 is 18.2 Å². The fraction of sp³-hybridized carbons (Fsp3) is 0.455. The van der Waals surface area contributed by atoms with Gasteiger partial charge in [-0.2, -0.15) is 5.26 Å². The SMILES string of the molecule is CN(c1ncccc1C#N)C1CCNC1.Cl. The summed E-state index contributed by atoms with van der Waals surface area (Å²) in [5.74, 6) is 0.786. The number of hydrogen-bond donors (Lipinski definition) is 1. The first-order chi connectivity index (χ1) is 7.33. The van der Waals surface area contributed by atoms with E-state index < -0.39 is 0 Å². The minimum Gasteiger partial charge on any atom is -0.354 e. The van der Waals surface area contributed by atoms with Crippen LogP contribution in [-0.4, -0.2) is 31.2 Å². The lowest BCUT2D eigenvalue weighted by Crippen LogP contribution is -2.34. The van der Waals surface area contributed by atoms with Crippen molar-refractivity contribution < 1.29 is 0 Å². The molecule has 0 aromatic carbocycles. The molecule has 0 aliphatic carbocycles. The van der Waals surface area contributed by atoms with Crippen LogP contribution < -0.4 is 10.2 Å². The van der Waals surface area contributed by atoms with Crippen molar-refractivity contribution in [3.63, 3.8) is 0 Å². The van der Waals surface area contributed by atoms with E-state index in [4.69, 9.17) is 5.26 Å². The Bertz CT molecular complexity index is 382. The van der Waals surface area contributed by atoms with Crippen molar-refractivity contribution in [3.05, 3.63) is 23.9 Å². The number of nitrogens with one attached hydrogen (secondary N) is 1. The van der Waals surface area contributed by atoms with Crippen LogP contribution in [0.2, 0.25) is 0 Å². The van der Waals surface area contributed by atoms with Gasteiger partial charge in [0.15, 0.2) is 0 Å². The predicted molar refractivity (Wildman–Crippen MR) is 65.9 cm³/mol. The first-order valence-electron chi connectivity index (χ1n) is 5.11. The van der Waals surface area contributed by atoms with Crippen LogP contribution in [0.4, 0.5) is 5.82 Å². The molecule has 1 N–H and O–H groups in total. The summed E-state index contributed by atoms with van der Waals surface area (Å²) in [6.45, 7) is 2.02. The average Bonchev–Trinajstić information content (AvgIpc) is 2.81. The summed E-state index contributed by atoms with van der Waals surface area (Å²) in [4.78, 5) is 6.37. The van der Waals surface area contributed by atoms with E-state index in [1.54, 1.807) is 18.3 Å². The zero-order valence-electron chi connectivity index (χ0n) is 9.18. The lowest BCUT2D eigenvalue weighted by atomic mass is 10.2. The van der Waals surface area contributed by atoms with Crippen LogP contribution in [0.1, 0.15) is 12.0 Å². The molecule has 0 radical (unpaired) electrons. The van der Waals surface area contributed by atoms with Crippen LogP contribution in [0.25, 0.3) is 0 Å². The van der Waals surface area contributed by atoms with Crippen molar-refractivity contribution in [2.45, 2.75) is 12.5 Å². The maximum atomic E-state index is 8.98. The van der Waals surface area contributed by atoms with Gasteiger partial charge in [-0.15, -0.1) is 12.4 Å². The summed E-state index contributed by atoms with van der Waals surface area (Å²) in [6, 6.07) is 6.23. The fourth-order valence-electron chi connectivity index (χ4n) is 1.91. The van der Waals surface area contributed by atoms with E-state index in [0.717, 1.165) is 25.3 Å². The third-order valence-corrected chi connectivity index (χ3v) is 2.82.